The normalized spacial score (nSPS) is 12.9. The van der Waals surface area contributed by atoms with Crippen molar-refractivity contribution in [2.24, 2.45) is 5.73 Å². The lowest BCUT2D eigenvalue weighted by Gasteiger charge is -2.11. The predicted octanol–water partition coefficient (Wildman–Crippen LogP) is 2.11. The molecule has 0 fully saturated rings. The second-order valence-electron chi connectivity index (χ2n) is 3.08. The van der Waals surface area contributed by atoms with Crippen molar-refractivity contribution in [2.75, 3.05) is 0 Å². The van der Waals surface area contributed by atoms with Crippen LogP contribution in [0.3, 0.4) is 0 Å². The van der Waals surface area contributed by atoms with Crippen LogP contribution in [0.25, 0.3) is 0 Å². The van der Waals surface area contributed by atoms with E-state index in [9.17, 15) is 5.11 Å². The third kappa shape index (κ3) is 1.77. The number of phenols is 1. The van der Waals surface area contributed by atoms with Crippen LogP contribution < -0.4 is 5.73 Å². The molecule has 0 aromatic heterocycles. The SMILES string of the molecule is CC[C@H](N)c1ccc(C)cc1O. The predicted molar refractivity (Wildman–Crippen MR) is 50.1 cm³/mol. The maximum atomic E-state index is 9.51. The minimum Gasteiger partial charge on any atom is -0.508 e. The van der Waals surface area contributed by atoms with Crippen LogP contribution in [0.1, 0.15) is 30.5 Å². The van der Waals surface area contributed by atoms with Gasteiger partial charge in [-0.05, 0) is 25.0 Å². The van der Waals surface area contributed by atoms with Gasteiger partial charge in [-0.15, -0.1) is 0 Å². The molecule has 0 spiro atoms. The summed E-state index contributed by atoms with van der Waals surface area (Å²) in [5.41, 5.74) is 7.68. The standard InChI is InChI=1S/C10H15NO/c1-3-9(11)8-5-4-7(2)6-10(8)12/h4-6,9,12H,3,11H2,1-2H3/t9-/m0/s1. The molecule has 0 aliphatic carbocycles. The van der Waals surface area contributed by atoms with E-state index in [0.29, 0.717) is 5.75 Å². The van der Waals surface area contributed by atoms with Crippen molar-refractivity contribution in [1.82, 2.24) is 0 Å². The molecule has 0 saturated carbocycles. The average Bonchev–Trinajstić information content (AvgIpc) is 2.03. The van der Waals surface area contributed by atoms with Crippen LogP contribution in [0.4, 0.5) is 0 Å². The lowest BCUT2D eigenvalue weighted by atomic mass is 10.0. The largest absolute Gasteiger partial charge is 0.508 e. The number of hydrogen-bond acceptors (Lipinski definition) is 2. The summed E-state index contributed by atoms with van der Waals surface area (Å²) in [4.78, 5) is 0. The fraction of sp³-hybridized carbons (Fsp3) is 0.400. The first-order valence-electron chi connectivity index (χ1n) is 4.20. The molecular weight excluding hydrogens is 150 g/mol. The maximum absolute atomic E-state index is 9.51. The summed E-state index contributed by atoms with van der Waals surface area (Å²) in [7, 11) is 0. The van der Waals surface area contributed by atoms with E-state index in [1.54, 1.807) is 6.07 Å². The van der Waals surface area contributed by atoms with E-state index >= 15 is 0 Å². The number of nitrogens with two attached hydrogens (primary N) is 1. The van der Waals surface area contributed by atoms with Gasteiger partial charge >= 0.3 is 0 Å². The minimum atomic E-state index is -0.0504. The zero-order valence-electron chi connectivity index (χ0n) is 7.54. The van der Waals surface area contributed by atoms with E-state index in [1.165, 1.54) is 0 Å². The van der Waals surface area contributed by atoms with E-state index in [2.05, 4.69) is 0 Å². The summed E-state index contributed by atoms with van der Waals surface area (Å²) in [6, 6.07) is 5.54. The van der Waals surface area contributed by atoms with Crippen LogP contribution >= 0.6 is 0 Å². The number of hydrogen-bond donors (Lipinski definition) is 2. The molecule has 66 valence electrons. The third-order valence-corrected chi connectivity index (χ3v) is 2.03. The molecule has 0 heterocycles. The Hall–Kier alpha value is -1.02. The highest BCUT2D eigenvalue weighted by atomic mass is 16.3. The first-order valence-corrected chi connectivity index (χ1v) is 4.20. The second-order valence-corrected chi connectivity index (χ2v) is 3.08. The summed E-state index contributed by atoms with van der Waals surface area (Å²) in [5.74, 6) is 0.310. The number of benzene rings is 1. The van der Waals surface area contributed by atoms with Gasteiger partial charge in [-0.1, -0.05) is 19.1 Å². The highest BCUT2D eigenvalue weighted by Gasteiger charge is 2.07. The molecular formula is C10H15NO. The molecule has 0 aliphatic rings. The zero-order valence-corrected chi connectivity index (χ0v) is 7.54. The molecule has 1 rings (SSSR count). The fourth-order valence-corrected chi connectivity index (χ4v) is 1.19. The summed E-state index contributed by atoms with van der Waals surface area (Å²) >= 11 is 0. The summed E-state index contributed by atoms with van der Waals surface area (Å²) in [6.07, 6.45) is 0.844. The highest BCUT2D eigenvalue weighted by Crippen LogP contribution is 2.25. The molecule has 0 saturated heterocycles. The minimum absolute atomic E-state index is 0.0504. The smallest absolute Gasteiger partial charge is 0.120 e. The van der Waals surface area contributed by atoms with Crippen molar-refractivity contribution in [3.05, 3.63) is 29.3 Å². The maximum Gasteiger partial charge on any atom is 0.120 e. The third-order valence-electron chi connectivity index (χ3n) is 2.03. The van der Waals surface area contributed by atoms with Crippen LogP contribution in [0, 0.1) is 6.92 Å². The van der Waals surface area contributed by atoms with Crippen LogP contribution in [0.2, 0.25) is 0 Å². The lowest BCUT2D eigenvalue weighted by Crippen LogP contribution is -2.08. The van der Waals surface area contributed by atoms with Gasteiger partial charge in [0.25, 0.3) is 0 Å². The van der Waals surface area contributed by atoms with Gasteiger partial charge in [-0.3, -0.25) is 0 Å². The number of phenolic OH excluding ortho intramolecular Hbond substituents is 1. The van der Waals surface area contributed by atoms with Crippen molar-refractivity contribution >= 4 is 0 Å². The second kappa shape index (κ2) is 3.59. The van der Waals surface area contributed by atoms with Crippen LogP contribution in [-0.2, 0) is 0 Å². The topological polar surface area (TPSA) is 46.2 Å². The zero-order chi connectivity index (χ0) is 9.14. The van der Waals surface area contributed by atoms with E-state index in [0.717, 1.165) is 17.5 Å². The van der Waals surface area contributed by atoms with Crippen molar-refractivity contribution in [3.8, 4) is 5.75 Å². The Morgan fingerprint density at radius 1 is 1.50 bits per heavy atom. The molecule has 12 heavy (non-hydrogen) atoms. The molecule has 0 radical (unpaired) electrons. The van der Waals surface area contributed by atoms with Crippen LogP contribution in [0.15, 0.2) is 18.2 Å². The molecule has 1 aromatic rings. The Balaban J connectivity index is 3.01. The van der Waals surface area contributed by atoms with Crippen molar-refractivity contribution in [1.29, 1.82) is 0 Å². The average molecular weight is 165 g/mol. The van der Waals surface area contributed by atoms with Crippen molar-refractivity contribution in [3.63, 3.8) is 0 Å². The number of rotatable bonds is 2. The molecule has 0 bridgehead atoms. The fourth-order valence-electron chi connectivity index (χ4n) is 1.19. The lowest BCUT2D eigenvalue weighted by molar-refractivity contribution is 0.460. The van der Waals surface area contributed by atoms with E-state index < -0.39 is 0 Å². The summed E-state index contributed by atoms with van der Waals surface area (Å²) < 4.78 is 0. The summed E-state index contributed by atoms with van der Waals surface area (Å²) in [5, 5.41) is 9.51. The number of aromatic hydroxyl groups is 1. The van der Waals surface area contributed by atoms with Crippen LogP contribution in [-0.4, -0.2) is 5.11 Å². The Labute approximate surface area is 73.0 Å². The molecule has 3 N–H and O–H groups in total. The van der Waals surface area contributed by atoms with E-state index in [1.807, 2.05) is 26.0 Å². The molecule has 1 aromatic carbocycles. The quantitative estimate of drug-likeness (QED) is 0.705. The van der Waals surface area contributed by atoms with Crippen molar-refractivity contribution in [2.45, 2.75) is 26.3 Å². The van der Waals surface area contributed by atoms with Crippen molar-refractivity contribution < 1.29 is 5.11 Å². The summed E-state index contributed by atoms with van der Waals surface area (Å²) in [6.45, 7) is 3.95. The Morgan fingerprint density at radius 2 is 2.17 bits per heavy atom. The molecule has 2 nitrogen and oxygen atoms in total. The van der Waals surface area contributed by atoms with Gasteiger partial charge in [0.2, 0.25) is 0 Å². The Bertz CT molecular complexity index is 271. The van der Waals surface area contributed by atoms with Gasteiger partial charge in [0.05, 0.1) is 0 Å². The first kappa shape index (κ1) is 9.07. The molecule has 0 amide bonds. The van der Waals surface area contributed by atoms with Gasteiger partial charge in [-0.25, -0.2) is 0 Å². The Kier molecular flexibility index (Phi) is 2.71. The van der Waals surface area contributed by atoms with Gasteiger partial charge in [0.1, 0.15) is 5.75 Å². The van der Waals surface area contributed by atoms with Gasteiger partial charge in [0.15, 0.2) is 0 Å². The van der Waals surface area contributed by atoms with E-state index in [4.69, 9.17) is 5.73 Å². The Morgan fingerprint density at radius 3 is 2.67 bits per heavy atom. The number of aryl methyl sites for hydroxylation is 1. The van der Waals surface area contributed by atoms with Crippen LogP contribution in [0.5, 0.6) is 5.75 Å². The molecule has 1 atom stereocenters. The first-order chi connectivity index (χ1) is 5.65. The molecule has 0 unspecified atom stereocenters. The van der Waals surface area contributed by atoms with Gasteiger partial charge < -0.3 is 10.8 Å². The highest BCUT2D eigenvalue weighted by molar-refractivity contribution is 5.37. The van der Waals surface area contributed by atoms with E-state index in [-0.39, 0.29) is 6.04 Å². The molecule has 2 heteroatoms. The molecule has 0 aliphatic heterocycles. The monoisotopic (exact) mass is 165 g/mol. The van der Waals surface area contributed by atoms with Gasteiger partial charge in [0, 0.05) is 11.6 Å². The van der Waals surface area contributed by atoms with Gasteiger partial charge in [-0.2, -0.15) is 0 Å².